The van der Waals surface area contributed by atoms with E-state index in [1.54, 1.807) is 0 Å². The predicted molar refractivity (Wildman–Crippen MR) is 47.6 cm³/mol. The first-order valence-corrected chi connectivity index (χ1v) is 4.77. The van der Waals surface area contributed by atoms with Crippen LogP contribution in [0.5, 0.6) is 0 Å². The molecule has 1 saturated heterocycles. The van der Waals surface area contributed by atoms with Crippen molar-refractivity contribution in [3.05, 3.63) is 0 Å². The van der Waals surface area contributed by atoms with E-state index in [9.17, 15) is 4.79 Å². The number of rotatable bonds is 0. The molecule has 1 heterocycles. The molecule has 2 aliphatic rings. The Bertz CT molecular complexity index is 234. The van der Waals surface area contributed by atoms with Gasteiger partial charge in [-0.2, -0.15) is 0 Å². The summed E-state index contributed by atoms with van der Waals surface area (Å²) >= 11 is 0. The van der Waals surface area contributed by atoms with Gasteiger partial charge in [0.05, 0.1) is 5.41 Å². The van der Waals surface area contributed by atoms with E-state index in [-0.39, 0.29) is 16.7 Å². The molecule has 0 spiro atoms. The van der Waals surface area contributed by atoms with E-state index in [1.807, 2.05) is 0 Å². The minimum absolute atomic E-state index is 0.101. The van der Waals surface area contributed by atoms with Crippen molar-refractivity contribution in [3.63, 3.8) is 0 Å². The monoisotopic (exact) mass is 167 g/mol. The van der Waals surface area contributed by atoms with E-state index in [0.717, 1.165) is 13.0 Å². The van der Waals surface area contributed by atoms with Crippen molar-refractivity contribution in [3.8, 4) is 0 Å². The second-order valence-electron chi connectivity index (χ2n) is 5.00. The molecule has 0 aromatic carbocycles. The molecule has 2 atom stereocenters. The Labute approximate surface area is 73.7 Å². The van der Waals surface area contributed by atoms with E-state index in [1.165, 1.54) is 6.42 Å². The third-order valence-electron chi connectivity index (χ3n) is 4.45. The summed E-state index contributed by atoms with van der Waals surface area (Å²) < 4.78 is 0. The van der Waals surface area contributed by atoms with Crippen molar-refractivity contribution in [2.24, 2.45) is 16.7 Å². The highest BCUT2D eigenvalue weighted by atomic mass is 16.2. The fourth-order valence-electron chi connectivity index (χ4n) is 2.77. The Balaban J connectivity index is 2.43. The van der Waals surface area contributed by atoms with Gasteiger partial charge in [0.25, 0.3) is 0 Å². The van der Waals surface area contributed by atoms with Gasteiger partial charge < -0.3 is 5.32 Å². The lowest BCUT2D eigenvalue weighted by Crippen LogP contribution is -2.54. The van der Waals surface area contributed by atoms with Gasteiger partial charge in [0, 0.05) is 6.54 Å². The van der Waals surface area contributed by atoms with Gasteiger partial charge in [-0.3, -0.25) is 4.79 Å². The summed E-state index contributed by atoms with van der Waals surface area (Å²) in [5, 5.41) is 3.00. The first kappa shape index (κ1) is 8.09. The van der Waals surface area contributed by atoms with Crippen molar-refractivity contribution < 1.29 is 4.79 Å². The fourth-order valence-corrected chi connectivity index (χ4v) is 2.77. The van der Waals surface area contributed by atoms with Gasteiger partial charge in [-0.1, -0.05) is 20.8 Å². The van der Waals surface area contributed by atoms with Crippen molar-refractivity contribution in [2.45, 2.75) is 33.6 Å². The molecule has 2 nitrogen and oxygen atoms in total. The predicted octanol–water partition coefficient (Wildman–Crippen LogP) is 1.56. The number of piperidine rings is 1. The summed E-state index contributed by atoms with van der Waals surface area (Å²) in [7, 11) is 0. The van der Waals surface area contributed by atoms with Crippen LogP contribution in [0.25, 0.3) is 0 Å². The normalized spacial score (nSPS) is 44.2. The third-order valence-corrected chi connectivity index (χ3v) is 4.45. The minimum Gasteiger partial charge on any atom is -0.355 e. The van der Waals surface area contributed by atoms with Gasteiger partial charge in [-0.05, 0) is 24.2 Å². The quantitative estimate of drug-likeness (QED) is 0.583. The van der Waals surface area contributed by atoms with Gasteiger partial charge in [-0.15, -0.1) is 0 Å². The van der Waals surface area contributed by atoms with Crippen LogP contribution in [-0.2, 0) is 4.79 Å². The maximum absolute atomic E-state index is 11.7. The Kier molecular flexibility index (Phi) is 1.37. The molecule has 0 aromatic heterocycles. The summed E-state index contributed by atoms with van der Waals surface area (Å²) in [6.07, 6.45) is 2.28. The smallest absolute Gasteiger partial charge is 0.226 e. The largest absolute Gasteiger partial charge is 0.355 e. The molecule has 1 amide bonds. The summed E-state index contributed by atoms with van der Waals surface area (Å²) in [5.41, 5.74) is 0.102. The van der Waals surface area contributed by atoms with E-state index in [4.69, 9.17) is 0 Å². The number of hydrogen-bond acceptors (Lipinski definition) is 1. The summed E-state index contributed by atoms with van der Waals surface area (Å²) in [6.45, 7) is 7.48. The highest BCUT2D eigenvalue weighted by Crippen LogP contribution is 2.57. The second-order valence-corrected chi connectivity index (χ2v) is 5.00. The highest BCUT2D eigenvalue weighted by molar-refractivity contribution is 5.84. The lowest BCUT2D eigenvalue weighted by Gasteiger charge is -2.44. The zero-order valence-corrected chi connectivity index (χ0v) is 8.11. The minimum atomic E-state index is -0.101. The number of fused-ring (bicyclic) bond motifs is 2. The molecule has 0 radical (unpaired) electrons. The van der Waals surface area contributed by atoms with Gasteiger partial charge in [-0.25, -0.2) is 0 Å². The molecule has 0 unspecified atom stereocenters. The molecular weight excluding hydrogens is 150 g/mol. The summed E-state index contributed by atoms with van der Waals surface area (Å²) in [5.74, 6) is 0.960. The Hall–Kier alpha value is -0.530. The maximum atomic E-state index is 11.7. The van der Waals surface area contributed by atoms with E-state index in [2.05, 4.69) is 26.1 Å². The number of hydrogen-bond donors (Lipinski definition) is 1. The summed E-state index contributed by atoms with van der Waals surface area (Å²) in [6, 6.07) is 0. The molecule has 68 valence electrons. The van der Waals surface area contributed by atoms with Crippen molar-refractivity contribution in [2.75, 3.05) is 6.54 Å². The average molecular weight is 167 g/mol. The Morgan fingerprint density at radius 1 is 1.42 bits per heavy atom. The molecule has 1 aliphatic carbocycles. The van der Waals surface area contributed by atoms with Gasteiger partial charge in [0.15, 0.2) is 0 Å². The molecule has 2 rings (SSSR count). The topological polar surface area (TPSA) is 29.1 Å². The van der Waals surface area contributed by atoms with Crippen molar-refractivity contribution in [1.29, 1.82) is 0 Å². The van der Waals surface area contributed by atoms with Gasteiger partial charge in [0.1, 0.15) is 0 Å². The van der Waals surface area contributed by atoms with Gasteiger partial charge in [0.2, 0.25) is 5.91 Å². The molecule has 2 bridgehead atoms. The lowest BCUT2D eigenvalue weighted by molar-refractivity contribution is -0.139. The summed E-state index contributed by atoms with van der Waals surface area (Å²) in [4.78, 5) is 11.7. The molecule has 2 heteroatoms. The van der Waals surface area contributed by atoms with Crippen LogP contribution >= 0.6 is 0 Å². The Morgan fingerprint density at radius 2 is 2.08 bits per heavy atom. The SMILES string of the molecule is CC1(C)[C@H]2CC[C@@]1(C)C(=O)NC2. The number of carbonyl (C=O) groups excluding carboxylic acids is 1. The van der Waals surface area contributed by atoms with Crippen LogP contribution < -0.4 is 5.32 Å². The van der Waals surface area contributed by atoms with E-state index in [0.29, 0.717) is 5.92 Å². The lowest BCUT2D eigenvalue weighted by atomic mass is 9.63. The first-order chi connectivity index (χ1) is 5.48. The third kappa shape index (κ3) is 0.686. The average Bonchev–Trinajstić information content (AvgIpc) is 2.17. The van der Waals surface area contributed by atoms with Crippen LogP contribution in [0.1, 0.15) is 33.6 Å². The van der Waals surface area contributed by atoms with E-state index >= 15 is 0 Å². The van der Waals surface area contributed by atoms with Crippen LogP contribution in [0.2, 0.25) is 0 Å². The molecule has 2 fully saturated rings. The zero-order valence-electron chi connectivity index (χ0n) is 8.11. The number of nitrogens with one attached hydrogen (secondary N) is 1. The first-order valence-electron chi connectivity index (χ1n) is 4.77. The van der Waals surface area contributed by atoms with Crippen molar-refractivity contribution in [1.82, 2.24) is 5.32 Å². The molecular formula is C10H17NO. The Morgan fingerprint density at radius 3 is 2.67 bits per heavy atom. The molecule has 1 N–H and O–H groups in total. The molecule has 12 heavy (non-hydrogen) atoms. The standard InChI is InChI=1S/C10H17NO/c1-9(2)7-4-5-10(9,3)8(12)11-6-7/h7H,4-6H2,1-3H3,(H,11,12)/t7-,10-/m0/s1. The van der Waals surface area contributed by atoms with E-state index < -0.39 is 0 Å². The van der Waals surface area contributed by atoms with Crippen LogP contribution in [0.4, 0.5) is 0 Å². The fraction of sp³-hybridized carbons (Fsp3) is 0.900. The second kappa shape index (κ2) is 2.04. The van der Waals surface area contributed by atoms with Crippen LogP contribution in [0.15, 0.2) is 0 Å². The molecule has 1 aliphatic heterocycles. The van der Waals surface area contributed by atoms with Gasteiger partial charge >= 0.3 is 0 Å². The van der Waals surface area contributed by atoms with Crippen LogP contribution in [0.3, 0.4) is 0 Å². The van der Waals surface area contributed by atoms with Crippen LogP contribution in [0, 0.1) is 16.7 Å². The van der Waals surface area contributed by atoms with Crippen LogP contribution in [-0.4, -0.2) is 12.5 Å². The number of amides is 1. The van der Waals surface area contributed by atoms with Crippen molar-refractivity contribution >= 4 is 5.91 Å². The number of carbonyl (C=O) groups is 1. The molecule has 0 aromatic rings. The zero-order chi connectivity index (χ0) is 8.98. The molecule has 1 saturated carbocycles. The maximum Gasteiger partial charge on any atom is 0.226 e. The highest BCUT2D eigenvalue weighted by Gasteiger charge is 2.58.